The lowest BCUT2D eigenvalue weighted by Gasteiger charge is -2.29. The topological polar surface area (TPSA) is 69.6 Å². The van der Waals surface area contributed by atoms with E-state index in [2.05, 4.69) is 19.2 Å². The Labute approximate surface area is 114 Å². The zero-order valence-electron chi connectivity index (χ0n) is 12.0. The molecular weight excluding hydrogens is 244 g/mol. The van der Waals surface area contributed by atoms with Gasteiger partial charge in [0.2, 0.25) is 0 Å². The van der Waals surface area contributed by atoms with E-state index in [0.717, 1.165) is 19.3 Å². The molecule has 2 N–H and O–H groups in total. The lowest BCUT2D eigenvalue weighted by Crippen LogP contribution is -2.47. The number of amides is 2. The second-order valence-corrected chi connectivity index (χ2v) is 6.71. The summed E-state index contributed by atoms with van der Waals surface area (Å²) in [6, 6.07) is 0.106. The Morgan fingerprint density at radius 1 is 1.32 bits per heavy atom. The van der Waals surface area contributed by atoms with Gasteiger partial charge in [-0.1, -0.05) is 27.2 Å². The largest absolute Gasteiger partial charge is 0.481 e. The van der Waals surface area contributed by atoms with Gasteiger partial charge in [-0.05, 0) is 24.2 Å². The SMILES string of the molecule is C[C@@H]1CN(C(=O)NC2CCCC2(C)C)C[C@H]1C(=O)O. The number of aliphatic carboxylic acids is 1. The molecule has 0 aromatic rings. The summed E-state index contributed by atoms with van der Waals surface area (Å²) in [7, 11) is 0. The van der Waals surface area contributed by atoms with Crippen LogP contribution in [0.5, 0.6) is 0 Å². The van der Waals surface area contributed by atoms with Gasteiger partial charge in [-0.2, -0.15) is 0 Å². The Morgan fingerprint density at radius 2 is 2.00 bits per heavy atom. The predicted molar refractivity (Wildman–Crippen MR) is 71.8 cm³/mol. The highest BCUT2D eigenvalue weighted by Gasteiger charge is 2.40. The number of carbonyl (C=O) groups excluding carboxylic acids is 1. The first-order chi connectivity index (χ1) is 8.81. The Hall–Kier alpha value is -1.26. The average Bonchev–Trinajstić information content (AvgIpc) is 2.83. The Balaban J connectivity index is 1.93. The number of urea groups is 1. The Morgan fingerprint density at radius 3 is 2.47 bits per heavy atom. The molecule has 0 aromatic carbocycles. The first-order valence-electron chi connectivity index (χ1n) is 7.09. The fourth-order valence-electron chi connectivity index (χ4n) is 3.29. The van der Waals surface area contributed by atoms with Crippen LogP contribution in [0.1, 0.15) is 40.0 Å². The van der Waals surface area contributed by atoms with Crippen LogP contribution in [0.15, 0.2) is 0 Å². The van der Waals surface area contributed by atoms with Gasteiger partial charge in [-0.25, -0.2) is 4.79 Å². The van der Waals surface area contributed by atoms with Crippen LogP contribution < -0.4 is 5.32 Å². The third kappa shape index (κ3) is 2.85. The van der Waals surface area contributed by atoms with Gasteiger partial charge in [0.25, 0.3) is 0 Å². The summed E-state index contributed by atoms with van der Waals surface area (Å²) in [5.41, 5.74) is 0.146. The molecule has 2 rings (SSSR count). The molecule has 3 atom stereocenters. The van der Waals surface area contributed by atoms with E-state index in [1.54, 1.807) is 4.90 Å². The molecule has 1 aliphatic heterocycles. The van der Waals surface area contributed by atoms with E-state index in [1.807, 2.05) is 6.92 Å². The monoisotopic (exact) mass is 268 g/mol. The normalized spacial score (nSPS) is 33.4. The van der Waals surface area contributed by atoms with E-state index in [4.69, 9.17) is 5.11 Å². The van der Waals surface area contributed by atoms with Crippen molar-refractivity contribution in [2.75, 3.05) is 13.1 Å². The lowest BCUT2D eigenvalue weighted by atomic mass is 9.87. The number of likely N-dealkylation sites (tertiary alicyclic amines) is 1. The molecule has 0 bridgehead atoms. The minimum absolute atomic E-state index is 0.0276. The van der Waals surface area contributed by atoms with Crippen molar-refractivity contribution < 1.29 is 14.7 Å². The van der Waals surface area contributed by atoms with Gasteiger partial charge in [-0.3, -0.25) is 4.79 Å². The zero-order chi connectivity index (χ0) is 14.2. The first kappa shape index (κ1) is 14.2. The fourth-order valence-corrected chi connectivity index (χ4v) is 3.29. The maximum atomic E-state index is 12.2. The molecule has 0 spiro atoms. The van der Waals surface area contributed by atoms with Crippen LogP contribution in [-0.4, -0.2) is 41.1 Å². The van der Waals surface area contributed by atoms with Gasteiger partial charge < -0.3 is 15.3 Å². The Bertz CT molecular complexity index is 381. The van der Waals surface area contributed by atoms with Crippen molar-refractivity contribution in [3.8, 4) is 0 Å². The number of carboxylic acid groups (broad SMARTS) is 1. The summed E-state index contributed by atoms with van der Waals surface area (Å²) >= 11 is 0. The number of carbonyl (C=O) groups is 2. The maximum Gasteiger partial charge on any atom is 0.317 e. The summed E-state index contributed by atoms with van der Waals surface area (Å²) in [5, 5.41) is 12.2. The molecule has 0 radical (unpaired) electrons. The molecule has 5 heteroatoms. The van der Waals surface area contributed by atoms with Crippen LogP contribution in [0.2, 0.25) is 0 Å². The van der Waals surface area contributed by atoms with E-state index < -0.39 is 11.9 Å². The number of nitrogens with zero attached hydrogens (tertiary/aromatic N) is 1. The molecule has 2 fully saturated rings. The van der Waals surface area contributed by atoms with Crippen LogP contribution in [0, 0.1) is 17.3 Å². The maximum absolute atomic E-state index is 12.2. The molecule has 1 unspecified atom stereocenters. The minimum Gasteiger partial charge on any atom is -0.481 e. The third-order valence-corrected chi connectivity index (χ3v) is 4.77. The minimum atomic E-state index is -0.802. The van der Waals surface area contributed by atoms with Crippen molar-refractivity contribution >= 4 is 12.0 Å². The highest BCUT2D eigenvalue weighted by Crippen LogP contribution is 2.37. The first-order valence-corrected chi connectivity index (χ1v) is 7.09. The van der Waals surface area contributed by atoms with Gasteiger partial charge in [0.1, 0.15) is 0 Å². The van der Waals surface area contributed by atoms with Crippen LogP contribution in [0.3, 0.4) is 0 Å². The van der Waals surface area contributed by atoms with E-state index in [9.17, 15) is 9.59 Å². The van der Waals surface area contributed by atoms with Gasteiger partial charge in [0, 0.05) is 19.1 Å². The second kappa shape index (κ2) is 5.02. The van der Waals surface area contributed by atoms with Crippen molar-refractivity contribution in [2.45, 2.75) is 46.1 Å². The Kier molecular flexibility index (Phi) is 3.74. The summed E-state index contributed by atoms with van der Waals surface area (Å²) in [4.78, 5) is 24.9. The number of carboxylic acids is 1. The predicted octanol–water partition coefficient (Wildman–Crippen LogP) is 1.93. The molecule has 1 saturated heterocycles. The zero-order valence-corrected chi connectivity index (χ0v) is 12.0. The van der Waals surface area contributed by atoms with Crippen LogP contribution in [0.25, 0.3) is 0 Å². The number of hydrogen-bond donors (Lipinski definition) is 2. The lowest BCUT2D eigenvalue weighted by molar-refractivity contribution is -0.142. The number of nitrogens with one attached hydrogen (secondary N) is 1. The van der Waals surface area contributed by atoms with Crippen molar-refractivity contribution in [3.63, 3.8) is 0 Å². The van der Waals surface area contributed by atoms with E-state index >= 15 is 0 Å². The molecule has 5 nitrogen and oxygen atoms in total. The average molecular weight is 268 g/mol. The van der Waals surface area contributed by atoms with E-state index in [0.29, 0.717) is 13.1 Å². The smallest absolute Gasteiger partial charge is 0.317 e. The summed E-state index contributed by atoms with van der Waals surface area (Å²) in [6.07, 6.45) is 3.29. The molecule has 108 valence electrons. The van der Waals surface area contributed by atoms with Crippen molar-refractivity contribution in [1.82, 2.24) is 10.2 Å². The summed E-state index contributed by atoms with van der Waals surface area (Å²) in [5.74, 6) is -1.20. The van der Waals surface area contributed by atoms with E-state index in [1.165, 1.54) is 0 Å². The standard InChI is InChI=1S/C14H24N2O3/c1-9-7-16(8-10(9)12(17)18)13(19)15-11-5-4-6-14(11,2)3/h9-11H,4-8H2,1-3H3,(H,15,19)(H,17,18)/t9-,10-,11?/m1/s1. The van der Waals surface area contributed by atoms with Gasteiger partial charge in [-0.15, -0.1) is 0 Å². The van der Waals surface area contributed by atoms with Crippen LogP contribution in [-0.2, 0) is 4.79 Å². The summed E-state index contributed by atoms with van der Waals surface area (Å²) in [6.45, 7) is 7.12. The summed E-state index contributed by atoms with van der Waals surface area (Å²) < 4.78 is 0. The number of hydrogen-bond acceptors (Lipinski definition) is 2. The fraction of sp³-hybridized carbons (Fsp3) is 0.857. The second-order valence-electron chi connectivity index (χ2n) is 6.71. The van der Waals surface area contributed by atoms with E-state index in [-0.39, 0.29) is 23.4 Å². The highest BCUT2D eigenvalue weighted by molar-refractivity contribution is 5.78. The molecule has 1 aliphatic carbocycles. The third-order valence-electron chi connectivity index (χ3n) is 4.77. The van der Waals surface area contributed by atoms with Gasteiger partial charge in [0.15, 0.2) is 0 Å². The molecule has 19 heavy (non-hydrogen) atoms. The highest BCUT2D eigenvalue weighted by atomic mass is 16.4. The molecule has 2 aliphatic rings. The van der Waals surface area contributed by atoms with Crippen molar-refractivity contribution in [1.29, 1.82) is 0 Å². The van der Waals surface area contributed by atoms with Gasteiger partial charge >= 0.3 is 12.0 Å². The van der Waals surface area contributed by atoms with Crippen LogP contribution >= 0.6 is 0 Å². The molecule has 1 saturated carbocycles. The van der Waals surface area contributed by atoms with Gasteiger partial charge in [0.05, 0.1) is 5.92 Å². The molecule has 0 aromatic heterocycles. The molecular formula is C14H24N2O3. The van der Waals surface area contributed by atoms with Crippen molar-refractivity contribution in [3.05, 3.63) is 0 Å². The van der Waals surface area contributed by atoms with Crippen molar-refractivity contribution in [2.24, 2.45) is 17.3 Å². The molecule has 1 heterocycles. The number of rotatable bonds is 2. The quantitative estimate of drug-likeness (QED) is 0.804. The molecule has 2 amide bonds. The van der Waals surface area contributed by atoms with Crippen LogP contribution in [0.4, 0.5) is 4.79 Å².